The summed E-state index contributed by atoms with van der Waals surface area (Å²) in [5.41, 5.74) is 17.0. The Labute approximate surface area is 375 Å². The maximum absolute atomic E-state index is 2.75. The third-order valence-corrected chi connectivity index (χ3v) is 18.2. The molecule has 0 radical (unpaired) electrons. The lowest BCUT2D eigenvalue weighted by Gasteiger charge is -2.31. The van der Waals surface area contributed by atoms with Gasteiger partial charge in [-0.3, -0.25) is 0 Å². The Bertz CT molecular complexity index is 3390. The van der Waals surface area contributed by atoms with E-state index in [4.69, 9.17) is 0 Å². The van der Waals surface area contributed by atoms with E-state index in [9.17, 15) is 0 Å². The summed E-state index contributed by atoms with van der Waals surface area (Å²) in [4.78, 5) is 0. The molecule has 0 bridgehead atoms. The summed E-state index contributed by atoms with van der Waals surface area (Å²) in [5, 5.41) is 6.88. The Morgan fingerprint density at radius 2 is 0.703 bits per heavy atom. The first-order chi connectivity index (χ1) is 31.8. The molecule has 10 aromatic carbocycles. The maximum Gasteiger partial charge on any atom is 0.180 e. The fourth-order valence-electron chi connectivity index (χ4n) is 10.4. The highest BCUT2D eigenvalue weighted by molar-refractivity contribution is 7.22. The summed E-state index contributed by atoms with van der Waals surface area (Å²) >= 11 is 0. The van der Waals surface area contributed by atoms with E-state index in [1.165, 1.54) is 98.5 Å². The molecule has 11 aromatic rings. The van der Waals surface area contributed by atoms with Crippen LogP contribution in [0.25, 0.3) is 83.5 Å². The minimum atomic E-state index is -2.75. The molecule has 2 heterocycles. The summed E-state index contributed by atoms with van der Waals surface area (Å²) in [7, 11) is -2.75. The van der Waals surface area contributed by atoms with Crippen LogP contribution in [0.15, 0.2) is 261 Å². The predicted octanol–water partition coefficient (Wildman–Crippen LogP) is 13.3. The van der Waals surface area contributed by atoms with Crippen LogP contribution in [0.5, 0.6) is 0 Å². The standard InChI is InChI=1S/C62H43NSi/c1-6-18-44(19-7-1)46-30-32-48(33-31-46)51-38-41-58-57(42-51)61(49-36-34-47(35-37-49)45-20-8-2-9-21-45)62(50-22-10-3-11-23-50)63(58)52-39-40-56-55-28-16-17-29-59(55)64(60(56)43-52,53-24-12-4-13-25-53)54-26-14-5-15-27-54/h1-43H. The molecule has 0 amide bonds. The summed E-state index contributed by atoms with van der Waals surface area (Å²) in [6, 6.07) is 96.7. The second-order valence-corrected chi connectivity index (χ2v) is 20.5. The molecule has 0 spiro atoms. The lowest BCUT2D eigenvalue weighted by molar-refractivity contribution is 1.14. The van der Waals surface area contributed by atoms with E-state index in [2.05, 4.69) is 265 Å². The van der Waals surface area contributed by atoms with Gasteiger partial charge < -0.3 is 4.57 Å². The van der Waals surface area contributed by atoms with Crippen LogP contribution in [-0.2, 0) is 0 Å². The van der Waals surface area contributed by atoms with Crippen LogP contribution in [0.1, 0.15) is 0 Å². The van der Waals surface area contributed by atoms with Crippen molar-refractivity contribution in [2.75, 3.05) is 0 Å². The molecular weight excluding hydrogens is 787 g/mol. The number of rotatable bonds is 8. The average Bonchev–Trinajstić information content (AvgIpc) is 3.88. The highest BCUT2D eigenvalue weighted by atomic mass is 28.3. The molecule has 12 rings (SSSR count). The number of hydrogen-bond donors (Lipinski definition) is 0. The highest BCUT2D eigenvalue weighted by Gasteiger charge is 2.48. The Kier molecular flexibility index (Phi) is 9.25. The average molecular weight is 830 g/mol. The fourth-order valence-corrected chi connectivity index (χ4v) is 15.6. The molecular formula is C62H43NSi. The Balaban J connectivity index is 1.13. The van der Waals surface area contributed by atoms with Gasteiger partial charge in [0.2, 0.25) is 0 Å². The van der Waals surface area contributed by atoms with Crippen LogP contribution in [0.3, 0.4) is 0 Å². The van der Waals surface area contributed by atoms with Crippen molar-refractivity contribution in [3.63, 3.8) is 0 Å². The van der Waals surface area contributed by atoms with E-state index >= 15 is 0 Å². The normalized spacial score (nSPS) is 12.5. The van der Waals surface area contributed by atoms with Gasteiger partial charge in [-0.25, -0.2) is 0 Å². The Morgan fingerprint density at radius 1 is 0.281 bits per heavy atom. The van der Waals surface area contributed by atoms with Gasteiger partial charge in [-0.2, -0.15) is 0 Å². The Morgan fingerprint density at radius 3 is 1.27 bits per heavy atom. The van der Waals surface area contributed by atoms with Gasteiger partial charge >= 0.3 is 0 Å². The molecule has 64 heavy (non-hydrogen) atoms. The summed E-state index contributed by atoms with van der Waals surface area (Å²) in [6.45, 7) is 0. The van der Waals surface area contributed by atoms with Gasteiger partial charge in [0.25, 0.3) is 0 Å². The molecule has 0 fully saturated rings. The molecule has 300 valence electrons. The zero-order valence-corrected chi connectivity index (χ0v) is 36.3. The van der Waals surface area contributed by atoms with E-state index in [0.29, 0.717) is 0 Å². The fraction of sp³-hybridized carbons (Fsp3) is 0. The van der Waals surface area contributed by atoms with E-state index in [1.807, 2.05) is 0 Å². The van der Waals surface area contributed by atoms with Crippen molar-refractivity contribution >= 4 is 39.7 Å². The van der Waals surface area contributed by atoms with Gasteiger partial charge in [-0.05, 0) is 101 Å². The lowest BCUT2D eigenvalue weighted by Crippen LogP contribution is -2.72. The van der Waals surface area contributed by atoms with Gasteiger partial charge in [0, 0.05) is 16.6 Å². The van der Waals surface area contributed by atoms with Crippen LogP contribution in [0.2, 0.25) is 0 Å². The van der Waals surface area contributed by atoms with Crippen molar-refractivity contribution in [3.8, 4) is 72.6 Å². The van der Waals surface area contributed by atoms with Crippen LogP contribution in [-0.4, -0.2) is 12.6 Å². The van der Waals surface area contributed by atoms with Crippen molar-refractivity contribution in [1.29, 1.82) is 0 Å². The highest BCUT2D eigenvalue weighted by Crippen LogP contribution is 2.45. The van der Waals surface area contributed by atoms with Crippen molar-refractivity contribution < 1.29 is 0 Å². The largest absolute Gasteiger partial charge is 0.309 e. The molecule has 1 aliphatic rings. The molecule has 0 unspecified atom stereocenters. The number of aromatic nitrogens is 1. The number of fused-ring (bicyclic) bond motifs is 4. The number of hydrogen-bond acceptors (Lipinski definition) is 0. The lowest BCUT2D eigenvalue weighted by atomic mass is 9.94. The molecule has 0 atom stereocenters. The topological polar surface area (TPSA) is 4.93 Å². The molecule has 1 nitrogen and oxygen atoms in total. The Hall–Kier alpha value is -8.04. The molecule has 1 aliphatic heterocycles. The summed E-state index contributed by atoms with van der Waals surface area (Å²) < 4.78 is 2.55. The molecule has 0 saturated heterocycles. The van der Waals surface area contributed by atoms with Crippen molar-refractivity contribution in [2.45, 2.75) is 0 Å². The summed E-state index contributed by atoms with van der Waals surface area (Å²) in [5.74, 6) is 0. The van der Waals surface area contributed by atoms with Crippen LogP contribution in [0.4, 0.5) is 0 Å². The predicted molar refractivity (Wildman–Crippen MR) is 273 cm³/mol. The molecule has 1 aromatic heterocycles. The van der Waals surface area contributed by atoms with Crippen LogP contribution >= 0.6 is 0 Å². The van der Waals surface area contributed by atoms with Crippen molar-refractivity contribution in [2.24, 2.45) is 0 Å². The quantitative estimate of drug-likeness (QED) is 0.134. The molecule has 2 heteroatoms. The van der Waals surface area contributed by atoms with Gasteiger partial charge in [0.1, 0.15) is 0 Å². The van der Waals surface area contributed by atoms with Gasteiger partial charge in [-0.15, -0.1) is 0 Å². The van der Waals surface area contributed by atoms with E-state index in [-0.39, 0.29) is 0 Å². The smallest absolute Gasteiger partial charge is 0.180 e. The van der Waals surface area contributed by atoms with Gasteiger partial charge in [-0.1, -0.05) is 237 Å². The first kappa shape index (κ1) is 37.7. The zero-order valence-electron chi connectivity index (χ0n) is 35.3. The zero-order chi connectivity index (χ0) is 42.5. The van der Waals surface area contributed by atoms with E-state index in [0.717, 1.165) is 5.69 Å². The second-order valence-electron chi connectivity index (χ2n) is 16.8. The van der Waals surface area contributed by atoms with Crippen LogP contribution in [0, 0.1) is 0 Å². The number of benzene rings is 10. The summed E-state index contributed by atoms with van der Waals surface area (Å²) in [6.07, 6.45) is 0. The van der Waals surface area contributed by atoms with Gasteiger partial charge in [0.05, 0.1) is 11.2 Å². The first-order valence-electron chi connectivity index (χ1n) is 22.2. The molecule has 0 N–H and O–H groups in total. The third kappa shape index (κ3) is 6.14. The van der Waals surface area contributed by atoms with Crippen LogP contribution < -0.4 is 20.7 Å². The van der Waals surface area contributed by atoms with Crippen molar-refractivity contribution in [1.82, 2.24) is 4.57 Å². The molecule has 0 saturated carbocycles. The van der Waals surface area contributed by atoms with E-state index in [1.54, 1.807) is 0 Å². The second kappa shape index (κ2) is 15.7. The number of nitrogens with zero attached hydrogens (tertiary/aromatic N) is 1. The minimum absolute atomic E-state index is 1.16. The van der Waals surface area contributed by atoms with E-state index < -0.39 is 8.07 Å². The first-order valence-corrected chi connectivity index (χ1v) is 24.2. The van der Waals surface area contributed by atoms with Crippen molar-refractivity contribution in [3.05, 3.63) is 261 Å². The maximum atomic E-state index is 2.55. The third-order valence-electron chi connectivity index (χ3n) is 13.3. The monoisotopic (exact) mass is 829 g/mol. The van der Waals surface area contributed by atoms with Gasteiger partial charge in [0.15, 0.2) is 8.07 Å². The molecule has 0 aliphatic carbocycles. The minimum Gasteiger partial charge on any atom is -0.309 e. The SMILES string of the molecule is c1ccc(-c2ccc(-c3ccc4c(c3)c(-c3ccc(-c5ccccc5)cc3)c(-c3ccccc3)n4-c3ccc4c(c3)[Si](c3ccccc3)(c3ccccc3)c3ccccc3-4)cc2)cc1.